The minimum Gasteiger partial charge on any atom is -0.368 e. The monoisotopic (exact) mass is 409 g/mol. The predicted molar refractivity (Wildman–Crippen MR) is 97.9 cm³/mol. The van der Waals surface area contributed by atoms with E-state index in [9.17, 15) is 18.0 Å². The highest BCUT2D eigenvalue weighted by Gasteiger charge is 2.33. The van der Waals surface area contributed by atoms with Crippen LogP contribution in [-0.4, -0.2) is 39.3 Å². The second-order valence-corrected chi connectivity index (χ2v) is 6.31. The molecule has 12 heteroatoms. The molecule has 0 unspecified atom stereocenters. The van der Waals surface area contributed by atoms with Crippen LogP contribution in [0.4, 0.5) is 28.9 Å². The maximum Gasteiger partial charge on any atom is 0.419 e. The molecule has 0 aliphatic carbocycles. The predicted octanol–water partition coefficient (Wildman–Crippen LogP) is 3.25. The zero-order valence-corrected chi connectivity index (χ0v) is 15.0. The molecule has 3 heterocycles. The van der Waals surface area contributed by atoms with E-state index in [1.807, 2.05) is 6.07 Å². The van der Waals surface area contributed by atoms with Crippen LogP contribution < -0.4 is 16.0 Å². The van der Waals surface area contributed by atoms with E-state index >= 15 is 0 Å². The molecule has 3 aromatic heterocycles. The van der Waals surface area contributed by atoms with Crippen molar-refractivity contribution in [2.24, 2.45) is 0 Å². The lowest BCUT2D eigenvalue weighted by atomic mass is 10.2. The summed E-state index contributed by atoms with van der Waals surface area (Å²) in [5.74, 6) is -0.290. The highest BCUT2D eigenvalue weighted by Crippen LogP contribution is 2.33. The average Bonchev–Trinajstić information content (AvgIpc) is 3.14. The number of hydrogen-bond acceptors (Lipinski definition) is 7. The van der Waals surface area contributed by atoms with E-state index in [0.29, 0.717) is 10.7 Å². The molecule has 3 aromatic rings. The Morgan fingerprint density at radius 3 is 2.61 bits per heavy atom. The molecule has 28 heavy (non-hydrogen) atoms. The SMILES string of the molecule is O=C(NCCNc1ncccc1C(F)(F)F)Nc1nnc(-c2ccccn2)s1. The van der Waals surface area contributed by atoms with Crippen LogP contribution in [0.15, 0.2) is 42.7 Å². The molecule has 8 nitrogen and oxygen atoms in total. The lowest BCUT2D eigenvalue weighted by molar-refractivity contribution is -0.137. The first-order valence-corrected chi connectivity index (χ1v) is 8.81. The van der Waals surface area contributed by atoms with Crippen molar-refractivity contribution in [3.05, 3.63) is 48.3 Å². The van der Waals surface area contributed by atoms with E-state index in [1.54, 1.807) is 18.3 Å². The number of aromatic nitrogens is 4. The normalized spacial score (nSPS) is 11.1. The van der Waals surface area contributed by atoms with Gasteiger partial charge >= 0.3 is 12.2 Å². The zero-order chi connectivity index (χ0) is 20.0. The summed E-state index contributed by atoms with van der Waals surface area (Å²) in [6, 6.07) is 6.94. The Morgan fingerprint density at radius 2 is 1.86 bits per heavy atom. The summed E-state index contributed by atoms with van der Waals surface area (Å²) in [6.07, 6.45) is -1.63. The number of carbonyl (C=O) groups excluding carboxylic acids is 1. The summed E-state index contributed by atoms with van der Waals surface area (Å²) in [4.78, 5) is 19.7. The van der Waals surface area contributed by atoms with Crippen molar-refractivity contribution in [3.63, 3.8) is 0 Å². The summed E-state index contributed by atoms with van der Waals surface area (Å²) in [7, 11) is 0. The number of hydrogen-bond donors (Lipinski definition) is 3. The van der Waals surface area contributed by atoms with Crippen molar-refractivity contribution < 1.29 is 18.0 Å². The van der Waals surface area contributed by atoms with E-state index in [4.69, 9.17) is 0 Å². The first-order chi connectivity index (χ1) is 13.4. The van der Waals surface area contributed by atoms with Crippen LogP contribution in [-0.2, 0) is 6.18 Å². The highest BCUT2D eigenvalue weighted by molar-refractivity contribution is 7.18. The molecule has 0 fully saturated rings. The number of nitrogens with one attached hydrogen (secondary N) is 3. The molecule has 0 aliphatic heterocycles. The molecular formula is C16H14F3N7OS. The number of pyridine rings is 2. The van der Waals surface area contributed by atoms with Gasteiger partial charge in [-0.15, -0.1) is 10.2 Å². The summed E-state index contributed by atoms with van der Waals surface area (Å²) < 4.78 is 38.6. The Hall–Kier alpha value is -3.28. The number of amides is 2. The Balaban J connectivity index is 1.47. The molecule has 0 bridgehead atoms. The molecular weight excluding hydrogens is 395 g/mol. The molecule has 0 aromatic carbocycles. The Kier molecular flexibility index (Phi) is 5.99. The third-order valence-electron chi connectivity index (χ3n) is 3.35. The van der Waals surface area contributed by atoms with Crippen molar-refractivity contribution >= 4 is 28.3 Å². The fourth-order valence-electron chi connectivity index (χ4n) is 2.14. The molecule has 0 saturated carbocycles. The standard InChI is InChI=1S/C16H14F3N7OS/c17-16(18,19)10-4-3-7-21-12(10)22-8-9-23-14(27)24-15-26-25-13(28-15)11-5-1-2-6-20-11/h1-7H,8-9H2,(H,21,22)(H2,23,24,26,27). The van der Waals surface area contributed by atoms with Gasteiger partial charge in [0.2, 0.25) is 5.13 Å². The fraction of sp³-hybridized carbons (Fsp3) is 0.188. The van der Waals surface area contributed by atoms with E-state index in [0.717, 1.165) is 17.4 Å². The lowest BCUT2D eigenvalue weighted by Crippen LogP contribution is -2.33. The quantitative estimate of drug-likeness (QED) is 0.540. The number of carbonyl (C=O) groups is 1. The van der Waals surface area contributed by atoms with Gasteiger partial charge in [0.05, 0.1) is 5.56 Å². The van der Waals surface area contributed by atoms with Crippen molar-refractivity contribution in [1.29, 1.82) is 0 Å². The topological polar surface area (TPSA) is 105 Å². The summed E-state index contributed by atoms with van der Waals surface area (Å²) in [6.45, 7) is 0.133. The largest absolute Gasteiger partial charge is 0.419 e. The van der Waals surface area contributed by atoms with Crippen LogP contribution in [0.25, 0.3) is 10.7 Å². The van der Waals surface area contributed by atoms with Crippen LogP contribution in [0.1, 0.15) is 5.56 Å². The van der Waals surface area contributed by atoms with Crippen LogP contribution in [0, 0.1) is 0 Å². The van der Waals surface area contributed by atoms with Gasteiger partial charge in [0.1, 0.15) is 11.5 Å². The van der Waals surface area contributed by atoms with Crippen molar-refractivity contribution in [2.45, 2.75) is 6.18 Å². The van der Waals surface area contributed by atoms with Crippen molar-refractivity contribution in [2.75, 3.05) is 23.7 Å². The van der Waals surface area contributed by atoms with E-state index in [-0.39, 0.29) is 24.0 Å². The van der Waals surface area contributed by atoms with Crippen molar-refractivity contribution in [3.8, 4) is 10.7 Å². The number of alkyl halides is 3. The van der Waals surface area contributed by atoms with Gasteiger partial charge in [0.15, 0.2) is 5.01 Å². The number of nitrogens with zero attached hydrogens (tertiary/aromatic N) is 4. The lowest BCUT2D eigenvalue weighted by Gasteiger charge is -2.13. The van der Waals surface area contributed by atoms with Gasteiger partial charge in [-0.05, 0) is 24.3 Å². The maximum absolute atomic E-state index is 12.9. The molecule has 3 N–H and O–H groups in total. The Labute approximate surface area is 161 Å². The number of urea groups is 1. The fourth-order valence-corrected chi connectivity index (χ4v) is 2.86. The van der Waals surface area contributed by atoms with Gasteiger partial charge in [0, 0.05) is 25.5 Å². The molecule has 0 atom stereocenters. The summed E-state index contributed by atoms with van der Waals surface area (Å²) in [5, 5.41) is 16.2. The maximum atomic E-state index is 12.9. The molecule has 2 amide bonds. The second kappa shape index (κ2) is 8.61. The highest BCUT2D eigenvalue weighted by atomic mass is 32.1. The van der Waals surface area contributed by atoms with Gasteiger partial charge < -0.3 is 10.6 Å². The van der Waals surface area contributed by atoms with Gasteiger partial charge in [-0.2, -0.15) is 13.2 Å². The third kappa shape index (κ3) is 5.13. The molecule has 0 spiro atoms. The first-order valence-electron chi connectivity index (χ1n) is 7.99. The Morgan fingerprint density at radius 1 is 1.04 bits per heavy atom. The van der Waals surface area contributed by atoms with Gasteiger partial charge in [-0.1, -0.05) is 17.4 Å². The number of rotatable bonds is 6. The molecule has 0 radical (unpaired) electrons. The smallest absolute Gasteiger partial charge is 0.368 e. The minimum atomic E-state index is -4.51. The van der Waals surface area contributed by atoms with Gasteiger partial charge in [-0.3, -0.25) is 10.3 Å². The number of anilines is 2. The van der Waals surface area contributed by atoms with Crippen LogP contribution in [0.2, 0.25) is 0 Å². The zero-order valence-electron chi connectivity index (χ0n) is 14.2. The summed E-state index contributed by atoms with van der Waals surface area (Å²) >= 11 is 1.15. The van der Waals surface area contributed by atoms with E-state index < -0.39 is 17.8 Å². The average molecular weight is 409 g/mol. The Bertz CT molecular complexity index is 933. The van der Waals surface area contributed by atoms with Crippen LogP contribution >= 0.6 is 11.3 Å². The molecule has 0 saturated heterocycles. The third-order valence-corrected chi connectivity index (χ3v) is 4.21. The van der Waals surface area contributed by atoms with E-state index in [1.165, 1.54) is 12.3 Å². The number of halogens is 3. The van der Waals surface area contributed by atoms with Gasteiger partial charge in [0.25, 0.3) is 0 Å². The summed E-state index contributed by atoms with van der Waals surface area (Å²) in [5.41, 5.74) is -0.233. The van der Waals surface area contributed by atoms with Crippen molar-refractivity contribution in [1.82, 2.24) is 25.5 Å². The van der Waals surface area contributed by atoms with Gasteiger partial charge in [-0.25, -0.2) is 9.78 Å². The molecule has 146 valence electrons. The van der Waals surface area contributed by atoms with Crippen LogP contribution in [0.3, 0.4) is 0 Å². The minimum absolute atomic E-state index is 0.0584. The molecule has 3 rings (SSSR count). The van der Waals surface area contributed by atoms with Crippen LogP contribution in [0.5, 0.6) is 0 Å². The molecule has 0 aliphatic rings. The second-order valence-electron chi connectivity index (χ2n) is 5.33. The first kappa shape index (κ1) is 19.5. The van der Waals surface area contributed by atoms with E-state index in [2.05, 4.69) is 36.1 Å².